The Hall–Kier alpha value is -2.07. The summed E-state index contributed by atoms with van der Waals surface area (Å²) in [6.45, 7) is 8.42. The highest BCUT2D eigenvalue weighted by Gasteiger charge is 2.16. The summed E-state index contributed by atoms with van der Waals surface area (Å²) in [5.74, 6) is 0.965. The Morgan fingerprint density at radius 3 is 2.52 bits per heavy atom. The molecular weight excluding hydrogens is 306 g/mol. The smallest absolute Gasteiger partial charge is 0.265 e. The second-order valence-electron chi connectivity index (χ2n) is 6.06. The minimum atomic E-state index is -0.0617. The van der Waals surface area contributed by atoms with Crippen LogP contribution in [0.1, 0.15) is 32.8 Å². The average Bonchev–Trinajstić information content (AvgIpc) is 2.90. The topological polar surface area (TPSA) is 42.1 Å². The second-order valence-corrected chi connectivity index (χ2v) is 6.91. The SMILES string of the molecule is CCC(C)(C)Oc1cccc(C)c1.O=c1[nH]sc2ccccc12. The molecule has 1 N–H and O–H groups in total. The molecule has 3 rings (SSSR count). The van der Waals surface area contributed by atoms with Gasteiger partial charge in [0.05, 0.1) is 10.1 Å². The number of rotatable bonds is 3. The molecule has 1 heterocycles. The fourth-order valence-corrected chi connectivity index (χ4v) is 2.70. The van der Waals surface area contributed by atoms with Crippen LogP contribution in [0.25, 0.3) is 10.1 Å². The molecular formula is C19H23NO2S. The van der Waals surface area contributed by atoms with Crippen molar-refractivity contribution in [1.82, 2.24) is 4.37 Å². The standard InChI is InChI=1S/C12H18O.C7H5NOS/c1-5-12(3,4)13-11-8-6-7-10(2)9-11;9-7-5-3-1-2-4-6(5)10-8-7/h6-9H,5H2,1-4H3;1-4H,(H,8,9). The van der Waals surface area contributed by atoms with Crippen molar-refractivity contribution in [2.75, 3.05) is 0 Å². The second kappa shape index (κ2) is 7.47. The number of aryl methyl sites for hydroxylation is 1. The highest BCUT2D eigenvalue weighted by molar-refractivity contribution is 7.13. The fraction of sp³-hybridized carbons (Fsp3) is 0.316. The summed E-state index contributed by atoms with van der Waals surface area (Å²) >= 11 is 1.38. The number of nitrogens with one attached hydrogen (secondary N) is 1. The van der Waals surface area contributed by atoms with Gasteiger partial charge in [0.25, 0.3) is 5.56 Å². The number of aromatic nitrogens is 1. The van der Waals surface area contributed by atoms with E-state index in [1.165, 1.54) is 17.1 Å². The van der Waals surface area contributed by atoms with Crippen LogP contribution in [-0.4, -0.2) is 9.97 Å². The third kappa shape index (κ3) is 4.96. The van der Waals surface area contributed by atoms with Gasteiger partial charge in [0.1, 0.15) is 11.4 Å². The van der Waals surface area contributed by atoms with Crippen molar-refractivity contribution in [1.29, 1.82) is 0 Å². The lowest BCUT2D eigenvalue weighted by Crippen LogP contribution is -2.26. The Labute approximate surface area is 141 Å². The Kier molecular flexibility index (Phi) is 5.61. The summed E-state index contributed by atoms with van der Waals surface area (Å²) in [6.07, 6.45) is 1.01. The number of benzene rings is 2. The number of fused-ring (bicyclic) bond motifs is 1. The van der Waals surface area contributed by atoms with Crippen LogP contribution in [-0.2, 0) is 0 Å². The van der Waals surface area contributed by atoms with Crippen molar-refractivity contribution in [3.05, 3.63) is 64.4 Å². The Bertz CT molecular complexity index is 817. The van der Waals surface area contributed by atoms with Crippen LogP contribution < -0.4 is 10.3 Å². The molecule has 0 aliphatic heterocycles. The Morgan fingerprint density at radius 2 is 1.87 bits per heavy atom. The van der Waals surface area contributed by atoms with E-state index in [1.54, 1.807) is 0 Å². The van der Waals surface area contributed by atoms with Crippen LogP contribution in [0.5, 0.6) is 5.75 Å². The summed E-state index contributed by atoms with van der Waals surface area (Å²) in [6, 6.07) is 15.7. The van der Waals surface area contributed by atoms with Gasteiger partial charge in [-0.15, -0.1) is 0 Å². The van der Waals surface area contributed by atoms with Crippen molar-refractivity contribution in [2.24, 2.45) is 0 Å². The van der Waals surface area contributed by atoms with Gasteiger partial charge in [-0.25, -0.2) is 0 Å². The first-order valence-corrected chi connectivity index (χ1v) is 8.55. The van der Waals surface area contributed by atoms with Crippen molar-refractivity contribution in [3.8, 4) is 5.75 Å². The first kappa shape index (κ1) is 17.3. The number of hydrogen-bond donors (Lipinski definition) is 1. The molecule has 0 atom stereocenters. The van der Waals surface area contributed by atoms with E-state index in [-0.39, 0.29) is 11.2 Å². The van der Waals surface area contributed by atoms with Crippen molar-refractivity contribution in [2.45, 2.75) is 39.7 Å². The molecule has 0 fully saturated rings. The highest BCUT2D eigenvalue weighted by Crippen LogP contribution is 2.21. The van der Waals surface area contributed by atoms with E-state index in [2.05, 4.69) is 44.2 Å². The molecule has 0 bridgehead atoms. The van der Waals surface area contributed by atoms with Crippen molar-refractivity contribution >= 4 is 21.6 Å². The van der Waals surface area contributed by atoms with Gasteiger partial charge in [-0.2, -0.15) is 0 Å². The molecule has 0 aliphatic rings. The van der Waals surface area contributed by atoms with Gasteiger partial charge in [0, 0.05) is 0 Å². The van der Waals surface area contributed by atoms with Gasteiger partial charge in [-0.3, -0.25) is 9.17 Å². The van der Waals surface area contributed by atoms with Crippen LogP contribution in [0.2, 0.25) is 0 Å². The molecule has 4 heteroatoms. The van der Waals surface area contributed by atoms with Crippen molar-refractivity contribution < 1.29 is 4.74 Å². The summed E-state index contributed by atoms with van der Waals surface area (Å²) in [4.78, 5) is 10.9. The minimum Gasteiger partial charge on any atom is -0.488 e. The number of aromatic amines is 1. The Balaban J connectivity index is 0.000000172. The molecule has 0 radical (unpaired) electrons. The van der Waals surface area contributed by atoms with Gasteiger partial charge >= 0.3 is 0 Å². The lowest BCUT2D eigenvalue weighted by Gasteiger charge is -2.24. The number of ether oxygens (including phenoxy) is 1. The molecule has 0 amide bonds. The maximum absolute atomic E-state index is 10.9. The molecule has 0 unspecified atom stereocenters. The zero-order chi connectivity index (χ0) is 16.9. The van der Waals surface area contributed by atoms with Crippen molar-refractivity contribution in [3.63, 3.8) is 0 Å². The fourth-order valence-electron chi connectivity index (χ4n) is 1.97. The molecule has 122 valence electrons. The minimum absolute atomic E-state index is 0.0144. The van der Waals surface area contributed by atoms with E-state index in [0.717, 1.165) is 22.3 Å². The lowest BCUT2D eigenvalue weighted by atomic mass is 10.1. The normalized spacial score (nSPS) is 11.0. The average molecular weight is 329 g/mol. The van der Waals surface area contributed by atoms with E-state index in [1.807, 2.05) is 36.4 Å². The molecule has 0 saturated heterocycles. The third-order valence-corrected chi connectivity index (χ3v) is 4.48. The molecule has 2 aromatic carbocycles. The first-order chi connectivity index (χ1) is 10.9. The summed E-state index contributed by atoms with van der Waals surface area (Å²) in [5, 5.41) is 0.785. The van der Waals surface area contributed by atoms with Gasteiger partial charge < -0.3 is 4.74 Å². The quantitative estimate of drug-likeness (QED) is 0.722. The zero-order valence-corrected chi connectivity index (χ0v) is 14.9. The number of H-pyrrole nitrogens is 1. The summed E-state index contributed by atoms with van der Waals surface area (Å²) < 4.78 is 9.52. The molecule has 1 aromatic heterocycles. The highest BCUT2D eigenvalue weighted by atomic mass is 32.1. The van der Waals surface area contributed by atoms with Crippen LogP contribution >= 0.6 is 11.5 Å². The largest absolute Gasteiger partial charge is 0.488 e. The summed E-state index contributed by atoms with van der Waals surface area (Å²) in [7, 11) is 0. The first-order valence-electron chi connectivity index (χ1n) is 7.73. The maximum Gasteiger partial charge on any atom is 0.265 e. The lowest BCUT2D eigenvalue weighted by molar-refractivity contribution is 0.105. The van der Waals surface area contributed by atoms with E-state index in [4.69, 9.17) is 4.74 Å². The predicted octanol–water partition coefficient (Wildman–Crippen LogP) is 5.15. The van der Waals surface area contributed by atoms with Crippen LogP contribution in [0, 0.1) is 6.92 Å². The molecule has 0 aliphatic carbocycles. The molecule has 3 aromatic rings. The Morgan fingerprint density at radius 1 is 1.13 bits per heavy atom. The van der Waals surface area contributed by atoms with Gasteiger partial charge in [0.15, 0.2) is 0 Å². The molecule has 3 nitrogen and oxygen atoms in total. The maximum atomic E-state index is 10.9. The van der Waals surface area contributed by atoms with Gasteiger partial charge in [-0.1, -0.05) is 42.7 Å². The predicted molar refractivity (Wildman–Crippen MR) is 98.6 cm³/mol. The van der Waals surface area contributed by atoms with E-state index >= 15 is 0 Å². The molecule has 23 heavy (non-hydrogen) atoms. The van der Waals surface area contributed by atoms with E-state index in [0.29, 0.717) is 0 Å². The number of hydrogen-bond acceptors (Lipinski definition) is 3. The van der Waals surface area contributed by atoms with Crippen LogP contribution in [0.3, 0.4) is 0 Å². The molecule has 0 saturated carbocycles. The van der Waals surface area contributed by atoms with Crippen LogP contribution in [0.4, 0.5) is 0 Å². The molecule has 0 spiro atoms. The monoisotopic (exact) mass is 329 g/mol. The third-order valence-electron chi connectivity index (χ3n) is 3.62. The van der Waals surface area contributed by atoms with Crippen LogP contribution in [0.15, 0.2) is 53.3 Å². The van der Waals surface area contributed by atoms with E-state index in [9.17, 15) is 4.79 Å². The zero-order valence-electron chi connectivity index (χ0n) is 14.1. The van der Waals surface area contributed by atoms with Gasteiger partial charge in [-0.05, 0) is 57.0 Å². The van der Waals surface area contributed by atoms with Gasteiger partial charge in [0.2, 0.25) is 0 Å². The van der Waals surface area contributed by atoms with E-state index < -0.39 is 0 Å². The summed E-state index contributed by atoms with van der Waals surface area (Å²) in [5.41, 5.74) is 1.19.